The molecule has 1 atom stereocenters. The summed E-state index contributed by atoms with van der Waals surface area (Å²) in [7, 11) is 0. The average Bonchev–Trinajstić information content (AvgIpc) is 2.84. The predicted octanol–water partition coefficient (Wildman–Crippen LogP) is 5.02. The maximum absolute atomic E-state index is 6.38. The van der Waals surface area contributed by atoms with Gasteiger partial charge in [0.2, 0.25) is 5.95 Å². The van der Waals surface area contributed by atoms with E-state index in [-0.39, 0.29) is 11.9 Å². The van der Waals surface area contributed by atoms with Crippen molar-refractivity contribution in [1.82, 2.24) is 9.97 Å². The summed E-state index contributed by atoms with van der Waals surface area (Å²) in [5.74, 6) is 1.81. The first-order valence-electron chi connectivity index (χ1n) is 11.2. The second kappa shape index (κ2) is 10.1. The number of hydrogen-bond acceptors (Lipinski definition) is 7. The summed E-state index contributed by atoms with van der Waals surface area (Å²) in [5.41, 5.74) is 23.1. The Balaban J connectivity index is 1.83. The summed E-state index contributed by atoms with van der Waals surface area (Å²) in [6.45, 7) is 4.92. The van der Waals surface area contributed by atoms with Gasteiger partial charge in [0.25, 0.3) is 0 Å². The zero-order chi connectivity index (χ0) is 24.1. The Kier molecular flexibility index (Phi) is 6.82. The molecule has 1 aromatic heterocycles. The monoisotopic (exact) mass is 455 g/mol. The highest BCUT2D eigenvalue weighted by molar-refractivity contribution is 5.79. The van der Waals surface area contributed by atoms with E-state index in [4.69, 9.17) is 26.7 Å². The Morgan fingerprint density at radius 2 is 1.56 bits per heavy atom. The number of anilines is 3. The average molecular weight is 456 g/mol. The molecule has 0 saturated carbocycles. The molecule has 174 valence electrons. The molecule has 3 aromatic carbocycles. The Hall–Kier alpha value is -4.26. The summed E-state index contributed by atoms with van der Waals surface area (Å²) < 4.78 is 12.5. The first-order valence-corrected chi connectivity index (χ1v) is 11.2. The van der Waals surface area contributed by atoms with Crippen molar-refractivity contribution < 1.29 is 9.47 Å². The molecule has 0 aliphatic rings. The molecule has 34 heavy (non-hydrogen) atoms. The fourth-order valence-corrected chi connectivity index (χ4v) is 3.84. The van der Waals surface area contributed by atoms with E-state index in [0.717, 1.165) is 33.6 Å². The lowest BCUT2D eigenvalue weighted by molar-refractivity contribution is 0.301. The molecule has 1 unspecified atom stereocenters. The van der Waals surface area contributed by atoms with Crippen LogP contribution in [0.2, 0.25) is 0 Å². The van der Waals surface area contributed by atoms with Gasteiger partial charge in [-0.2, -0.15) is 4.98 Å². The molecule has 6 N–H and O–H groups in total. The third kappa shape index (κ3) is 5.04. The first kappa shape index (κ1) is 22.9. The molecule has 4 aromatic rings. The molecule has 0 saturated heterocycles. The molecule has 0 amide bonds. The summed E-state index contributed by atoms with van der Waals surface area (Å²) in [6.07, 6.45) is 1.67. The number of nitrogens with zero attached hydrogens (tertiary/aromatic N) is 2. The molecule has 4 rings (SSSR count). The van der Waals surface area contributed by atoms with Gasteiger partial charge in [-0.05, 0) is 47.9 Å². The predicted molar refractivity (Wildman–Crippen MR) is 137 cm³/mol. The Bertz CT molecular complexity index is 1260. The second-order valence-corrected chi connectivity index (χ2v) is 8.01. The zero-order valence-corrected chi connectivity index (χ0v) is 19.4. The summed E-state index contributed by atoms with van der Waals surface area (Å²) in [4.78, 5) is 8.25. The Morgan fingerprint density at radius 1 is 0.882 bits per heavy atom. The minimum absolute atomic E-state index is 0.112. The number of nitrogen functional groups attached to an aromatic ring is 3. The van der Waals surface area contributed by atoms with E-state index >= 15 is 0 Å². The van der Waals surface area contributed by atoms with E-state index < -0.39 is 0 Å². The summed E-state index contributed by atoms with van der Waals surface area (Å²) in [5, 5.41) is 0. The third-order valence-electron chi connectivity index (χ3n) is 5.66. The van der Waals surface area contributed by atoms with Gasteiger partial charge in [0.15, 0.2) is 0 Å². The van der Waals surface area contributed by atoms with E-state index in [0.29, 0.717) is 30.5 Å². The molecule has 0 fully saturated rings. The third-order valence-corrected chi connectivity index (χ3v) is 5.66. The molecule has 0 radical (unpaired) electrons. The second-order valence-electron chi connectivity index (χ2n) is 8.01. The normalized spacial score (nSPS) is 11.7. The van der Waals surface area contributed by atoms with Crippen LogP contribution < -0.4 is 26.7 Å². The van der Waals surface area contributed by atoms with Crippen LogP contribution in [0.25, 0.3) is 11.1 Å². The van der Waals surface area contributed by atoms with E-state index in [1.54, 1.807) is 6.20 Å². The van der Waals surface area contributed by atoms with Gasteiger partial charge in [-0.1, -0.05) is 49.4 Å². The fourth-order valence-electron chi connectivity index (χ4n) is 3.84. The Morgan fingerprint density at radius 3 is 2.21 bits per heavy atom. The van der Waals surface area contributed by atoms with Crippen molar-refractivity contribution in [2.75, 3.05) is 23.8 Å². The van der Waals surface area contributed by atoms with Crippen molar-refractivity contribution >= 4 is 17.5 Å². The van der Waals surface area contributed by atoms with E-state index in [2.05, 4.69) is 9.97 Å². The van der Waals surface area contributed by atoms with Crippen LogP contribution in [0.1, 0.15) is 36.5 Å². The van der Waals surface area contributed by atoms with Gasteiger partial charge in [-0.15, -0.1) is 0 Å². The highest BCUT2D eigenvalue weighted by Crippen LogP contribution is 2.43. The molecule has 1 heterocycles. The van der Waals surface area contributed by atoms with Crippen molar-refractivity contribution in [2.24, 2.45) is 0 Å². The topological polar surface area (TPSA) is 122 Å². The lowest BCUT2D eigenvalue weighted by Gasteiger charge is -2.21. The lowest BCUT2D eigenvalue weighted by atomic mass is 9.91. The lowest BCUT2D eigenvalue weighted by Crippen LogP contribution is -2.08. The molecule has 7 nitrogen and oxygen atoms in total. The van der Waals surface area contributed by atoms with E-state index in [1.165, 1.54) is 0 Å². The number of nitrogens with two attached hydrogens (primary N) is 3. The van der Waals surface area contributed by atoms with Crippen molar-refractivity contribution in [2.45, 2.75) is 26.4 Å². The van der Waals surface area contributed by atoms with E-state index in [9.17, 15) is 0 Å². The van der Waals surface area contributed by atoms with Crippen LogP contribution in [0.4, 0.5) is 17.5 Å². The fraction of sp³-hybridized carbons (Fsp3) is 0.185. The number of hydrogen-bond donors (Lipinski definition) is 3. The van der Waals surface area contributed by atoms with Crippen molar-refractivity contribution in [1.29, 1.82) is 0 Å². The van der Waals surface area contributed by atoms with Gasteiger partial charge in [0.05, 0.1) is 12.2 Å². The van der Waals surface area contributed by atoms with Crippen molar-refractivity contribution in [3.8, 4) is 22.6 Å². The zero-order valence-electron chi connectivity index (χ0n) is 19.4. The molecule has 7 heteroatoms. The van der Waals surface area contributed by atoms with Crippen LogP contribution in [0.5, 0.6) is 11.5 Å². The number of rotatable bonds is 8. The van der Waals surface area contributed by atoms with Crippen LogP contribution >= 0.6 is 0 Å². The first-order chi connectivity index (χ1) is 16.5. The van der Waals surface area contributed by atoms with Gasteiger partial charge in [-0.3, -0.25) is 0 Å². The molecule has 0 aliphatic heterocycles. The van der Waals surface area contributed by atoms with Crippen LogP contribution in [-0.2, 0) is 6.61 Å². The molecular formula is C27H29N5O2. The highest BCUT2D eigenvalue weighted by atomic mass is 16.5. The number of aromatic nitrogens is 2. The summed E-state index contributed by atoms with van der Waals surface area (Å²) >= 11 is 0. The van der Waals surface area contributed by atoms with Gasteiger partial charge in [0.1, 0.15) is 23.9 Å². The van der Waals surface area contributed by atoms with Crippen LogP contribution in [0, 0.1) is 0 Å². The van der Waals surface area contributed by atoms with Crippen LogP contribution in [-0.4, -0.2) is 16.6 Å². The molecule has 0 bridgehead atoms. The van der Waals surface area contributed by atoms with Gasteiger partial charge in [-0.25, -0.2) is 4.98 Å². The standard InChI is InChI=1S/C27H29N5O2/c1-3-33-23-13-20(17(2)22-15-31-27(30)32-26(22)29)14-24(34-16-18-7-5-4-6-8-18)25(23)19-9-11-21(28)12-10-19/h4-15,17H,3,16,28H2,1-2H3,(H4,29,30,31,32). The smallest absolute Gasteiger partial charge is 0.221 e. The maximum atomic E-state index is 6.38. The number of ether oxygens (including phenoxy) is 2. The largest absolute Gasteiger partial charge is 0.493 e. The van der Waals surface area contributed by atoms with E-state index in [1.807, 2.05) is 80.6 Å². The highest BCUT2D eigenvalue weighted by Gasteiger charge is 2.21. The van der Waals surface area contributed by atoms with Crippen LogP contribution in [0.15, 0.2) is 72.9 Å². The maximum Gasteiger partial charge on any atom is 0.221 e. The van der Waals surface area contributed by atoms with Gasteiger partial charge < -0.3 is 26.7 Å². The van der Waals surface area contributed by atoms with Crippen LogP contribution in [0.3, 0.4) is 0 Å². The quantitative estimate of drug-likeness (QED) is 0.319. The van der Waals surface area contributed by atoms with Gasteiger partial charge in [0, 0.05) is 23.4 Å². The molecule has 0 aliphatic carbocycles. The molecule has 0 spiro atoms. The molecular weight excluding hydrogens is 426 g/mol. The van der Waals surface area contributed by atoms with Gasteiger partial charge >= 0.3 is 0 Å². The minimum atomic E-state index is -0.112. The van der Waals surface area contributed by atoms with Crippen molar-refractivity contribution in [3.63, 3.8) is 0 Å². The van der Waals surface area contributed by atoms with Crippen molar-refractivity contribution in [3.05, 3.63) is 89.6 Å². The Labute approximate surface area is 199 Å². The minimum Gasteiger partial charge on any atom is -0.493 e. The summed E-state index contributed by atoms with van der Waals surface area (Å²) in [6, 6.07) is 21.8. The number of benzene rings is 3. The SMILES string of the molecule is CCOc1cc(C(C)c2cnc(N)nc2N)cc(OCc2ccccc2)c1-c1ccc(N)cc1.